The van der Waals surface area contributed by atoms with Crippen molar-refractivity contribution < 1.29 is 19.1 Å². The van der Waals surface area contributed by atoms with Crippen LogP contribution in [-0.2, 0) is 9.59 Å². The molecule has 3 rings (SSSR count). The summed E-state index contributed by atoms with van der Waals surface area (Å²) in [6, 6.07) is 12.5. The third-order valence-electron chi connectivity index (χ3n) is 4.46. The Morgan fingerprint density at radius 3 is 2.61 bits per heavy atom. The fourth-order valence-electron chi connectivity index (χ4n) is 3.00. The minimum Gasteiger partial charge on any atom is -0.497 e. The van der Waals surface area contributed by atoms with Gasteiger partial charge in [-0.15, -0.1) is 0 Å². The van der Waals surface area contributed by atoms with Gasteiger partial charge in [0.25, 0.3) is 5.91 Å². The molecule has 0 saturated carbocycles. The van der Waals surface area contributed by atoms with Gasteiger partial charge in [0.1, 0.15) is 11.8 Å². The lowest BCUT2D eigenvalue weighted by molar-refractivity contribution is -0.131. The minimum atomic E-state index is -0.897. The summed E-state index contributed by atoms with van der Waals surface area (Å²) < 4.78 is 5.10. The van der Waals surface area contributed by atoms with Gasteiger partial charge in [0.15, 0.2) is 0 Å². The van der Waals surface area contributed by atoms with Crippen LogP contribution in [0.3, 0.4) is 0 Å². The molecule has 0 radical (unpaired) electrons. The number of nitrogens with zero attached hydrogens (tertiary/aromatic N) is 1. The van der Waals surface area contributed by atoms with E-state index in [4.69, 9.17) is 16.3 Å². The van der Waals surface area contributed by atoms with Crippen LogP contribution in [0.4, 0.5) is 5.69 Å². The first-order chi connectivity index (χ1) is 13.5. The molecular weight excluding hydrogens is 382 g/mol. The monoisotopic (exact) mass is 401 g/mol. The zero-order valence-electron chi connectivity index (χ0n) is 15.3. The smallest absolute Gasteiger partial charge is 0.254 e. The van der Waals surface area contributed by atoms with E-state index in [1.54, 1.807) is 55.6 Å². The molecule has 0 aromatic heterocycles. The highest BCUT2D eigenvalue weighted by Crippen LogP contribution is 2.22. The predicted molar refractivity (Wildman–Crippen MR) is 106 cm³/mol. The fraction of sp³-hybridized carbons (Fsp3) is 0.250. The Bertz CT molecular complexity index is 885. The topological polar surface area (TPSA) is 87.7 Å². The van der Waals surface area contributed by atoms with Crippen LogP contribution in [0, 0.1) is 0 Å². The molecular formula is C20H20ClN3O4. The quantitative estimate of drug-likeness (QED) is 0.804. The van der Waals surface area contributed by atoms with Crippen LogP contribution in [0.15, 0.2) is 48.5 Å². The molecule has 8 heteroatoms. The van der Waals surface area contributed by atoms with Crippen molar-refractivity contribution in [1.82, 2.24) is 10.2 Å². The molecule has 28 heavy (non-hydrogen) atoms. The van der Waals surface area contributed by atoms with Crippen LogP contribution < -0.4 is 15.4 Å². The molecule has 146 valence electrons. The van der Waals surface area contributed by atoms with Crippen LogP contribution in [0.2, 0.25) is 5.02 Å². The third-order valence-corrected chi connectivity index (χ3v) is 4.78. The first-order valence-electron chi connectivity index (χ1n) is 8.76. The van der Waals surface area contributed by atoms with Gasteiger partial charge in [0.2, 0.25) is 11.8 Å². The molecule has 2 aromatic rings. The molecule has 1 fully saturated rings. The van der Waals surface area contributed by atoms with Crippen molar-refractivity contribution in [2.45, 2.75) is 12.5 Å². The number of carbonyl (C=O) groups excluding carboxylic acids is 3. The Morgan fingerprint density at radius 2 is 1.93 bits per heavy atom. The Kier molecular flexibility index (Phi) is 6.16. The van der Waals surface area contributed by atoms with Gasteiger partial charge in [-0.2, -0.15) is 0 Å². The van der Waals surface area contributed by atoms with Crippen molar-refractivity contribution in [3.8, 4) is 5.75 Å². The van der Waals surface area contributed by atoms with Gasteiger partial charge >= 0.3 is 0 Å². The van der Waals surface area contributed by atoms with Crippen molar-refractivity contribution >= 4 is 35.0 Å². The number of benzene rings is 2. The number of hydrogen-bond acceptors (Lipinski definition) is 4. The highest BCUT2D eigenvalue weighted by molar-refractivity contribution is 6.33. The standard InChI is InChI=1S/C20H20ClN3O4/c1-28-14-8-6-13(7-9-14)20(27)24-11-10-22-19(26)17(24)12-18(25)23-16-5-3-2-4-15(16)21/h2-9,17H,10-12H2,1H3,(H,22,26)(H,23,25)/t17-/m1/s1. The average molecular weight is 402 g/mol. The van der Waals surface area contributed by atoms with Crippen molar-refractivity contribution in [2.24, 2.45) is 0 Å². The molecule has 7 nitrogen and oxygen atoms in total. The van der Waals surface area contributed by atoms with E-state index in [0.717, 1.165) is 0 Å². The molecule has 2 aromatic carbocycles. The van der Waals surface area contributed by atoms with Crippen molar-refractivity contribution in [1.29, 1.82) is 0 Å². The van der Waals surface area contributed by atoms with Gasteiger partial charge in [-0.25, -0.2) is 0 Å². The Morgan fingerprint density at radius 1 is 1.21 bits per heavy atom. The first-order valence-corrected chi connectivity index (χ1v) is 9.14. The number of ether oxygens (including phenoxy) is 1. The molecule has 0 aliphatic carbocycles. The molecule has 3 amide bonds. The van der Waals surface area contributed by atoms with Crippen LogP contribution in [-0.4, -0.2) is 48.9 Å². The van der Waals surface area contributed by atoms with Crippen LogP contribution in [0.1, 0.15) is 16.8 Å². The van der Waals surface area contributed by atoms with Gasteiger partial charge in [0.05, 0.1) is 24.2 Å². The number of hydrogen-bond donors (Lipinski definition) is 2. The van der Waals surface area contributed by atoms with Crippen molar-refractivity contribution in [3.05, 3.63) is 59.1 Å². The number of carbonyl (C=O) groups is 3. The zero-order valence-corrected chi connectivity index (χ0v) is 16.0. The molecule has 0 bridgehead atoms. The number of para-hydroxylation sites is 1. The predicted octanol–water partition coefficient (Wildman–Crippen LogP) is 2.32. The maximum absolute atomic E-state index is 12.9. The van der Waals surface area contributed by atoms with Crippen LogP contribution >= 0.6 is 11.6 Å². The molecule has 1 heterocycles. The second-order valence-corrected chi connectivity index (χ2v) is 6.67. The summed E-state index contributed by atoms with van der Waals surface area (Å²) >= 11 is 6.05. The molecule has 0 spiro atoms. The van der Waals surface area contributed by atoms with E-state index < -0.39 is 11.9 Å². The molecule has 1 saturated heterocycles. The van der Waals surface area contributed by atoms with Gasteiger partial charge in [-0.3, -0.25) is 14.4 Å². The lowest BCUT2D eigenvalue weighted by Gasteiger charge is -2.34. The normalized spacial score (nSPS) is 16.3. The Hall–Kier alpha value is -3.06. The van der Waals surface area contributed by atoms with Crippen LogP contribution in [0.25, 0.3) is 0 Å². The van der Waals surface area contributed by atoms with E-state index in [9.17, 15) is 14.4 Å². The summed E-state index contributed by atoms with van der Waals surface area (Å²) in [5.41, 5.74) is 0.880. The van der Waals surface area contributed by atoms with Gasteiger partial charge in [0, 0.05) is 18.7 Å². The molecule has 1 aliphatic heterocycles. The Balaban J connectivity index is 1.74. The van der Waals surface area contributed by atoms with E-state index in [-0.39, 0.29) is 18.2 Å². The number of methoxy groups -OCH3 is 1. The number of nitrogens with one attached hydrogen (secondary N) is 2. The van der Waals surface area contributed by atoms with Crippen LogP contribution in [0.5, 0.6) is 5.75 Å². The first kappa shape index (κ1) is 19.7. The third kappa shape index (κ3) is 4.43. The van der Waals surface area contributed by atoms with E-state index in [2.05, 4.69) is 10.6 Å². The number of piperazine rings is 1. The highest BCUT2D eigenvalue weighted by Gasteiger charge is 2.35. The summed E-state index contributed by atoms with van der Waals surface area (Å²) in [6.07, 6.45) is -0.168. The molecule has 2 N–H and O–H groups in total. The summed E-state index contributed by atoms with van der Waals surface area (Å²) in [7, 11) is 1.54. The summed E-state index contributed by atoms with van der Waals surface area (Å²) in [6.45, 7) is 0.657. The average Bonchev–Trinajstić information content (AvgIpc) is 2.71. The van der Waals surface area contributed by atoms with Gasteiger partial charge in [-0.05, 0) is 36.4 Å². The zero-order chi connectivity index (χ0) is 20.1. The fourth-order valence-corrected chi connectivity index (χ4v) is 3.18. The molecule has 0 unspecified atom stereocenters. The summed E-state index contributed by atoms with van der Waals surface area (Å²) in [4.78, 5) is 39.2. The maximum Gasteiger partial charge on any atom is 0.254 e. The van der Waals surface area contributed by atoms with Gasteiger partial charge in [-0.1, -0.05) is 23.7 Å². The highest BCUT2D eigenvalue weighted by atomic mass is 35.5. The minimum absolute atomic E-state index is 0.168. The molecule has 1 atom stereocenters. The van der Waals surface area contributed by atoms with E-state index in [0.29, 0.717) is 35.1 Å². The van der Waals surface area contributed by atoms with E-state index >= 15 is 0 Å². The number of rotatable bonds is 5. The van der Waals surface area contributed by atoms with Crippen molar-refractivity contribution in [2.75, 3.05) is 25.5 Å². The SMILES string of the molecule is COc1ccc(C(=O)N2CCNC(=O)[C@H]2CC(=O)Nc2ccccc2Cl)cc1. The summed E-state index contributed by atoms with van der Waals surface area (Å²) in [5, 5.41) is 5.79. The van der Waals surface area contributed by atoms with Gasteiger partial charge < -0.3 is 20.3 Å². The lowest BCUT2D eigenvalue weighted by Crippen LogP contribution is -2.58. The number of anilines is 1. The van der Waals surface area contributed by atoms with E-state index in [1.807, 2.05) is 0 Å². The largest absolute Gasteiger partial charge is 0.497 e. The number of amides is 3. The summed E-state index contributed by atoms with van der Waals surface area (Å²) in [5.74, 6) is -0.443. The van der Waals surface area contributed by atoms with E-state index in [1.165, 1.54) is 4.90 Å². The second kappa shape index (κ2) is 8.75. The van der Waals surface area contributed by atoms with Crippen molar-refractivity contribution in [3.63, 3.8) is 0 Å². The second-order valence-electron chi connectivity index (χ2n) is 6.27. The molecule has 1 aliphatic rings. The lowest BCUT2D eigenvalue weighted by atomic mass is 10.1. The maximum atomic E-state index is 12.9. The number of halogens is 1. The Labute approximate surface area is 167 Å².